The summed E-state index contributed by atoms with van der Waals surface area (Å²) in [7, 11) is 1.88. The van der Waals surface area contributed by atoms with Crippen LogP contribution in [0.5, 0.6) is 0 Å². The summed E-state index contributed by atoms with van der Waals surface area (Å²) in [4.78, 5) is 14.2. The van der Waals surface area contributed by atoms with Crippen LogP contribution >= 0.6 is 12.4 Å². The minimum Gasteiger partial charge on any atom is -0.373 e. The van der Waals surface area contributed by atoms with E-state index >= 15 is 0 Å². The van der Waals surface area contributed by atoms with Crippen molar-refractivity contribution in [3.05, 3.63) is 35.9 Å². The Hall–Kier alpha value is -1.10. The van der Waals surface area contributed by atoms with Gasteiger partial charge >= 0.3 is 0 Å². The highest BCUT2D eigenvalue weighted by Gasteiger charge is 2.25. The van der Waals surface area contributed by atoms with Gasteiger partial charge in [0.25, 0.3) is 0 Å². The Kier molecular flexibility index (Phi) is 8.46. The number of ether oxygens (including phenoxy) is 1. The van der Waals surface area contributed by atoms with Gasteiger partial charge in [0.2, 0.25) is 5.91 Å². The molecule has 0 aromatic heterocycles. The van der Waals surface area contributed by atoms with Crippen LogP contribution in [0.25, 0.3) is 0 Å². The quantitative estimate of drug-likeness (QED) is 0.873. The summed E-state index contributed by atoms with van der Waals surface area (Å²) < 4.78 is 5.95. The zero-order valence-electron chi connectivity index (χ0n) is 13.5. The number of piperidine rings is 1. The highest BCUT2D eigenvalue weighted by atomic mass is 35.5. The van der Waals surface area contributed by atoms with Crippen molar-refractivity contribution in [1.82, 2.24) is 10.2 Å². The minimum atomic E-state index is 0. The Morgan fingerprint density at radius 1 is 1.32 bits per heavy atom. The van der Waals surface area contributed by atoms with Crippen molar-refractivity contribution in [1.29, 1.82) is 0 Å². The van der Waals surface area contributed by atoms with E-state index < -0.39 is 0 Å². The molecule has 1 heterocycles. The normalized spacial score (nSPS) is 16.9. The Labute approximate surface area is 139 Å². The predicted octanol–water partition coefficient (Wildman–Crippen LogP) is 2.47. The fourth-order valence-electron chi connectivity index (χ4n) is 2.74. The van der Waals surface area contributed by atoms with E-state index in [1.165, 1.54) is 5.56 Å². The van der Waals surface area contributed by atoms with E-state index in [1.54, 1.807) is 0 Å². The van der Waals surface area contributed by atoms with E-state index in [4.69, 9.17) is 4.74 Å². The predicted molar refractivity (Wildman–Crippen MR) is 91.2 cm³/mol. The molecule has 0 radical (unpaired) electrons. The highest BCUT2D eigenvalue weighted by Crippen LogP contribution is 2.17. The first-order valence-electron chi connectivity index (χ1n) is 7.79. The summed E-state index contributed by atoms with van der Waals surface area (Å²) in [5, 5.41) is 3.06. The molecule has 1 aliphatic rings. The maximum Gasteiger partial charge on any atom is 0.226 e. The van der Waals surface area contributed by atoms with Gasteiger partial charge in [-0.25, -0.2) is 0 Å². The van der Waals surface area contributed by atoms with E-state index in [0.29, 0.717) is 6.61 Å². The molecule has 0 saturated carbocycles. The Balaban J connectivity index is 0.00000242. The lowest BCUT2D eigenvalue weighted by Gasteiger charge is -2.33. The van der Waals surface area contributed by atoms with Crippen LogP contribution in [0.1, 0.15) is 25.3 Å². The number of carbonyl (C=O) groups excluding carboxylic acids is 1. The fraction of sp³-hybridized carbons (Fsp3) is 0.588. The maximum absolute atomic E-state index is 12.2. The molecule has 1 aromatic rings. The number of benzene rings is 1. The van der Waals surface area contributed by atoms with E-state index in [9.17, 15) is 4.79 Å². The number of amides is 1. The third kappa shape index (κ3) is 5.59. The fourth-order valence-corrected chi connectivity index (χ4v) is 2.74. The van der Waals surface area contributed by atoms with Gasteiger partial charge in [-0.2, -0.15) is 0 Å². The second kappa shape index (κ2) is 9.82. The zero-order chi connectivity index (χ0) is 15.1. The third-order valence-corrected chi connectivity index (χ3v) is 4.01. The molecule has 1 aliphatic heterocycles. The monoisotopic (exact) mass is 326 g/mol. The van der Waals surface area contributed by atoms with E-state index in [-0.39, 0.29) is 30.3 Å². The van der Waals surface area contributed by atoms with Crippen molar-refractivity contribution in [2.45, 2.75) is 32.5 Å². The smallest absolute Gasteiger partial charge is 0.226 e. The number of likely N-dealkylation sites (tertiary alicyclic amines) is 1. The summed E-state index contributed by atoms with van der Waals surface area (Å²) in [6.07, 6.45) is 2.14. The lowest BCUT2D eigenvalue weighted by molar-refractivity contribution is -0.137. The lowest BCUT2D eigenvalue weighted by atomic mass is 10.0. The molecule has 124 valence electrons. The average molecular weight is 327 g/mol. The van der Waals surface area contributed by atoms with Gasteiger partial charge in [0.05, 0.1) is 12.7 Å². The molecule has 4 nitrogen and oxygen atoms in total. The Morgan fingerprint density at radius 3 is 2.55 bits per heavy atom. The molecule has 1 aromatic carbocycles. The minimum absolute atomic E-state index is 0. The molecular weight excluding hydrogens is 300 g/mol. The van der Waals surface area contributed by atoms with Crippen molar-refractivity contribution >= 4 is 18.3 Å². The van der Waals surface area contributed by atoms with E-state index in [2.05, 4.69) is 17.4 Å². The van der Waals surface area contributed by atoms with Gasteiger partial charge in [-0.15, -0.1) is 12.4 Å². The van der Waals surface area contributed by atoms with Gasteiger partial charge in [-0.05, 0) is 25.5 Å². The van der Waals surface area contributed by atoms with Crippen molar-refractivity contribution in [3.63, 3.8) is 0 Å². The number of carbonyl (C=O) groups is 1. The van der Waals surface area contributed by atoms with E-state index in [1.807, 2.05) is 37.1 Å². The van der Waals surface area contributed by atoms with Crippen LogP contribution in [0, 0.1) is 5.92 Å². The van der Waals surface area contributed by atoms with Crippen LogP contribution in [0.2, 0.25) is 0 Å². The summed E-state index contributed by atoms with van der Waals surface area (Å²) in [6, 6.07) is 10.2. The van der Waals surface area contributed by atoms with Crippen LogP contribution in [0.15, 0.2) is 30.3 Å². The van der Waals surface area contributed by atoms with Crippen LogP contribution < -0.4 is 5.32 Å². The summed E-state index contributed by atoms with van der Waals surface area (Å²) >= 11 is 0. The number of nitrogens with zero attached hydrogens (tertiary/aromatic N) is 1. The molecule has 1 fully saturated rings. The molecule has 22 heavy (non-hydrogen) atoms. The van der Waals surface area contributed by atoms with Gasteiger partial charge in [0.15, 0.2) is 0 Å². The number of nitrogens with one attached hydrogen (secondary N) is 1. The van der Waals surface area contributed by atoms with Crippen LogP contribution in [0.4, 0.5) is 0 Å². The molecule has 1 amide bonds. The molecule has 5 heteroatoms. The molecule has 0 aliphatic carbocycles. The van der Waals surface area contributed by atoms with Crippen LogP contribution in [-0.2, 0) is 16.1 Å². The van der Waals surface area contributed by atoms with Crippen molar-refractivity contribution in [2.75, 3.05) is 26.7 Å². The summed E-state index contributed by atoms with van der Waals surface area (Å²) in [5.41, 5.74) is 1.21. The second-order valence-corrected chi connectivity index (χ2v) is 5.78. The van der Waals surface area contributed by atoms with Gasteiger partial charge < -0.3 is 15.0 Å². The standard InChI is InChI=1S/C17H26N2O2.ClH/c1-14(12-18-2)17(20)19-10-8-16(9-11-19)21-13-15-6-4-3-5-7-15;/h3-7,14,16,18H,8-13H2,1-2H3;1H. The summed E-state index contributed by atoms with van der Waals surface area (Å²) in [6.45, 7) is 5.01. The maximum atomic E-state index is 12.2. The SMILES string of the molecule is CNCC(C)C(=O)N1CCC(OCc2ccccc2)CC1.Cl. The average Bonchev–Trinajstić information content (AvgIpc) is 2.54. The number of hydrogen-bond acceptors (Lipinski definition) is 3. The van der Waals surface area contributed by atoms with Gasteiger partial charge in [-0.3, -0.25) is 4.79 Å². The van der Waals surface area contributed by atoms with Crippen molar-refractivity contribution in [3.8, 4) is 0 Å². The van der Waals surface area contributed by atoms with Crippen LogP contribution in [-0.4, -0.2) is 43.6 Å². The van der Waals surface area contributed by atoms with E-state index in [0.717, 1.165) is 32.5 Å². The second-order valence-electron chi connectivity index (χ2n) is 5.78. The molecule has 0 bridgehead atoms. The zero-order valence-corrected chi connectivity index (χ0v) is 14.3. The van der Waals surface area contributed by atoms with Gasteiger partial charge in [-0.1, -0.05) is 37.3 Å². The van der Waals surface area contributed by atoms with Crippen LogP contribution in [0.3, 0.4) is 0 Å². The molecular formula is C17H27ClN2O2. The number of hydrogen-bond donors (Lipinski definition) is 1. The third-order valence-electron chi connectivity index (χ3n) is 4.01. The first-order valence-corrected chi connectivity index (χ1v) is 7.79. The Morgan fingerprint density at radius 2 is 1.95 bits per heavy atom. The number of halogens is 1. The molecule has 1 atom stereocenters. The number of rotatable bonds is 6. The Bertz CT molecular complexity index is 434. The first-order chi connectivity index (χ1) is 10.2. The molecule has 1 N–H and O–H groups in total. The largest absolute Gasteiger partial charge is 0.373 e. The lowest BCUT2D eigenvalue weighted by Crippen LogP contribution is -2.44. The van der Waals surface area contributed by atoms with Crippen molar-refractivity contribution in [2.24, 2.45) is 5.92 Å². The van der Waals surface area contributed by atoms with Gasteiger partial charge in [0.1, 0.15) is 0 Å². The molecule has 0 spiro atoms. The summed E-state index contributed by atoms with van der Waals surface area (Å²) in [5.74, 6) is 0.308. The molecule has 1 unspecified atom stereocenters. The molecule has 1 saturated heterocycles. The first kappa shape index (κ1) is 18.9. The highest BCUT2D eigenvalue weighted by molar-refractivity contribution is 5.85. The van der Waals surface area contributed by atoms with Crippen molar-refractivity contribution < 1.29 is 9.53 Å². The van der Waals surface area contributed by atoms with Gasteiger partial charge in [0, 0.05) is 25.6 Å². The molecule has 2 rings (SSSR count). The topological polar surface area (TPSA) is 41.6 Å².